The number of aromatic nitrogens is 3. The molecule has 1 amide bonds. The Balaban J connectivity index is 1.46. The summed E-state index contributed by atoms with van der Waals surface area (Å²) in [6.45, 7) is 0. The lowest BCUT2D eigenvalue weighted by molar-refractivity contribution is -0.137. The topological polar surface area (TPSA) is 59.8 Å². The number of hydrogen-bond donors (Lipinski definition) is 1. The van der Waals surface area contributed by atoms with Gasteiger partial charge in [-0.05, 0) is 24.3 Å². The van der Waals surface area contributed by atoms with E-state index in [1.807, 2.05) is 29.6 Å². The van der Waals surface area contributed by atoms with Crippen LogP contribution in [0, 0.1) is 0 Å². The van der Waals surface area contributed by atoms with Gasteiger partial charge in [-0.2, -0.15) is 13.2 Å². The zero-order valence-corrected chi connectivity index (χ0v) is 18.3. The molecule has 11 heteroatoms. The van der Waals surface area contributed by atoms with Gasteiger partial charge in [-0.3, -0.25) is 4.79 Å². The Morgan fingerprint density at radius 1 is 1.23 bits per heavy atom. The highest BCUT2D eigenvalue weighted by Gasteiger charge is 2.31. The molecule has 4 aromatic rings. The number of benzene rings is 2. The summed E-state index contributed by atoms with van der Waals surface area (Å²) in [4.78, 5) is 12.3. The summed E-state index contributed by atoms with van der Waals surface area (Å²) in [7, 11) is 1.80. The first-order valence-electron chi connectivity index (χ1n) is 8.89. The van der Waals surface area contributed by atoms with Crippen molar-refractivity contribution in [1.82, 2.24) is 14.8 Å². The Labute approximate surface area is 188 Å². The van der Waals surface area contributed by atoms with E-state index in [1.54, 1.807) is 23.0 Å². The number of nitrogens with zero attached hydrogens (tertiary/aromatic N) is 3. The van der Waals surface area contributed by atoms with Gasteiger partial charge in [-0.15, -0.1) is 21.5 Å². The van der Waals surface area contributed by atoms with Crippen molar-refractivity contribution < 1.29 is 18.0 Å². The highest BCUT2D eigenvalue weighted by Crippen LogP contribution is 2.35. The van der Waals surface area contributed by atoms with E-state index in [1.165, 1.54) is 0 Å². The standard InChI is InChI=1S/C20H14ClF3N4OS2/c1-28-18(13-9-30-16-5-3-2-4-12(13)16)26-27-19(28)31-10-17(29)25-15-8-11(20(22,23)24)6-7-14(15)21/h2-9H,10H2,1H3,(H,25,29). The van der Waals surface area contributed by atoms with E-state index in [0.29, 0.717) is 11.0 Å². The lowest BCUT2D eigenvalue weighted by atomic mass is 10.2. The molecule has 31 heavy (non-hydrogen) atoms. The van der Waals surface area contributed by atoms with E-state index in [2.05, 4.69) is 15.5 Å². The van der Waals surface area contributed by atoms with E-state index in [9.17, 15) is 18.0 Å². The molecule has 0 radical (unpaired) electrons. The molecule has 4 rings (SSSR count). The Bertz CT molecular complexity index is 1270. The van der Waals surface area contributed by atoms with Crippen LogP contribution in [0.25, 0.3) is 21.5 Å². The van der Waals surface area contributed by atoms with E-state index in [4.69, 9.17) is 11.6 Å². The fourth-order valence-electron chi connectivity index (χ4n) is 2.94. The van der Waals surface area contributed by atoms with Crippen molar-refractivity contribution in [1.29, 1.82) is 0 Å². The molecule has 0 atom stereocenters. The first kappa shape index (κ1) is 21.7. The molecule has 0 bridgehead atoms. The van der Waals surface area contributed by atoms with E-state index in [0.717, 1.165) is 45.6 Å². The molecule has 0 aliphatic carbocycles. The average Bonchev–Trinajstić information content (AvgIpc) is 3.30. The van der Waals surface area contributed by atoms with Crippen molar-refractivity contribution in [2.45, 2.75) is 11.3 Å². The second-order valence-corrected chi connectivity index (χ2v) is 8.80. The Kier molecular flexibility index (Phi) is 5.96. The van der Waals surface area contributed by atoms with Crippen LogP contribution >= 0.6 is 34.7 Å². The summed E-state index contributed by atoms with van der Waals surface area (Å²) in [6.07, 6.45) is -4.53. The van der Waals surface area contributed by atoms with Gasteiger partial charge in [0.1, 0.15) is 0 Å². The average molecular weight is 483 g/mol. The van der Waals surface area contributed by atoms with E-state index < -0.39 is 17.6 Å². The van der Waals surface area contributed by atoms with Crippen molar-refractivity contribution in [2.24, 2.45) is 7.05 Å². The number of nitrogens with one attached hydrogen (secondary N) is 1. The van der Waals surface area contributed by atoms with Gasteiger partial charge in [0.05, 0.1) is 22.0 Å². The van der Waals surface area contributed by atoms with E-state index in [-0.39, 0.29) is 16.5 Å². The first-order chi connectivity index (χ1) is 14.7. The fourth-order valence-corrected chi connectivity index (χ4v) is 4.76. The van der Waals surface area contributed by atoms with Crippen molar-refractivity contribution in [3.05, 3.63) is 58.4 Å². The minimum atomic E-state index is -4.53. The maximum atomic E-state index is 12.9. The number of amides is 1. The number of carbonyl (C=O) groups is 1. The molecule has 0 saturated carbocycles. The highest BCUT2D eigenvalue weighted by molar-refractivity contribution is 7.99. The summed E-state index contributed by atoms with van der Waals surface area (Å²) in [5.74, 6) is 0.0983. The molecule has 0 aliphatic rings. The van der Waals surface area contributed by atoms with Crippen molar-refractivity contribution in [3.63, 3.8) is 0 Å². The molecule has 0 fully saturated rings. The lowest BCUT2D eigenvalue weighted by Crippen LogP contribution is -2.16. The number of halogens is 4. The molecule has 2 aromatic heterocycles. The molecule has 1 N–H and O–H groups in total. The monoisotopic (exact) mass is 482 g/mol. The molecule has 0 spiro atoms. The number of thioether (sulfide) groups is 1. The Hall–Kier alpha value is -2.56. The molecule has 0 unspecified atom stereocenters. The van der Waals surface area contributed by atoms with Crippen LogP contribution in [-0.4, -0.2) is 26.4 Å². The highest BCUT2D eigenvalue weighted by atomic mass is 35.5. The van der Waals surface area contributed by atoms with Crippen LogP contribution in [0.1, 0.15) is 5.56 Å². The van der Waals surface area contributed by atoms with Crippen molar-refractivity contribution >= 4 is 56.4 Å². The quantitative estimate of drug-likeness (QED) is 0.349. The molecule has 5 nitrogen and oxygen atoms in total. The van der Waals surface area contributed by atoms with Crippen LogP contribution in [-0.2, 0) is 18.0 Å². The summed E-state index contributed by atoms with van der Waals surface area (Å²) in [5, 5.41) is 14.4. The fraction of sp³-hybridized carbons (Fsp3) is 0.150. The third-order valence-corrected chi connectivity index (χ3v) is 6.77. The number of hydrogen-bond acceptors (Lipinski definition) is 5. The number of fused-ring (bicyclic) bond motifs is 1. The van der Waals surface area contributed by atoms with Gasteiger partial charge in [-0.1, -0.05) is 41.6 Å². The number of alkyl halides is 3. The van der Waals surface area contributed by atoms with Gasteiger partial charge in [0.15, 0.2) is 11.0 Å². The van der Waals surface area contributed by atoms with Crippen LogP contribution < -0.4 is 5.32 Å². The van der Waals surface area contributed by atoms with Gasteiger partial charge >= 0.3 is 6.18 Å². The largest absolute Gasteiger partial charge is 0.416 e. The zero-order chi connectivity index (χ0) is 22.2. The summed E-state index contributed by atoms with van der Waals surface area (Å²) >= 11 is 8.66. The third kappa shape index (κ3) is 4.56. The van der Waals surface area contributed by atoms with Gasteiger partial charge in [0.2, 0.25) is 5.91 Å². The van der Waals surface area contributed by atoms with Gasteiger partial charge in [0, 0.05) is 28.1 Å². The van der Waals surface area contributed by atoms with Crippen LogP contribution in [0.5, 0.6) is 0 Å². The number of anilines is 1. The van der Waals surface area contributed by atoms with Crippen LogP contribution in [0.3, 0.4) is 0 Å². The zero-order valence-electron chi connectivity index (χ0n) is 15.9. The Morgan fingerprint density at radius 3 is 2.77 bits per heavy atom. The minimum absolute atomic E-state index is 0.0247. The molecule has 160 valence electrons. The van der Waals surface area contributed by atoms with Gasteiger partial charge in [0.25, 0.3) is 0 Å². The predicted molar refractivity (Wildman–Crippen MR) is 118 cm³/mol. The predicted octanol–water partition coefficient (Wildman–Crippen LogP) is 6.10. The van der Waals surface area contributed by atoms with Gasteiger partial charge < -0.3 is 9.88 Å². The smallest absolute Gasteiger partial charge is 0.324 e. The first-order valence-corrected chi connectivity index (χ1v) is 11.1. The van der Waals surface area contributed by atoms with Gasteiger partial charge in [-0.25, -0.2) is 0 Å². The second-order valence-electron chi connectivity index (χ2n) is 6.54. The summed E-state index contributed by atoms with van der Waals surface area (Å²) < 4.78 is 41.6. The summed E-state index contributed by atoms with van der Waals surface area (Å²) in [5.41, 5.74) is -0.0334. The normalized spacial score (nSPS) is 11.8. The Morgan fingerprint density at radius 2 is 2.00 bits per heavy atom. The maximum Gasteiger partial charge on any atom is 0.416 e. The third-order valence-electron chi connectivity index (χ3n) is 4.46. The van der Waals surface area contributed by atoms with E-state index >= 15 is 0 Å². The van der Waals surface area contributed by atoms with Crippen LogP contribution in [0.2, 0.25) is 5.02 Å². The van der Waals surface area contributed by atoms with Crippen molar-refractivity contribution in [3.8, 4) is 11.4 Å². The molecule has 0 aliphatic heterocycles. The molecule has 0 saturated heterocycles. The molecule has 2 heterocycles. The molecule has 2 aromatic carbocycles. The van der Waals surface area contributed by atoms with Crippen molar-refractivity contribution in [2.75, 3.05) is 11.1 Å². The second kappa shape index (κ2) is 8.52. The number of thiophene rings is 1. The number of carbonyl (C=O) groups excluding carboxylic acids is 1. The minimum Gasteiger partial charge on any atom is -0.324 e. The van der Waals surface area contributed by atoms with Crippen LogP contribution in [0.15, 0.2) is 53.0 Å². The lowest BCUT2D eigenvalue weighted by Gasteiger charge is -2.11. The maximum absolute atomic E-state index is 12.9. The molecular weight excluding hydrogens is 469 g/mol. The van der Waals surface area contributed by atoms with Crippen LogP contribution in [0.4, 0.5) is 18.9 Å². The number of rotatable bonds is 5. The molecular formula is C20H14ClF3N4OS2. The SMILES string of the molecule is Cn1c(SCC(=O)Nc2cc(C(F)(F)F)ccc2Cl)nnc1-c1csc2ccccc12. The summed E-state index contributed by atoms with van der Waals surface area (Å²) in [6, 6.07) is 10.7.